The molecular weight excluding hydrogens is 482 g/mol. The highest BCUT2D eigenvalue weighted by Crippen LogP contribution is 2.32. The van der Waals surface area contributed by atoms with Crippen LogP contribution in [0.3, 0.4) is 0 Å². The fourth-order valence-electron chi connectivity index (χ4n) is 5.27. The molecule has 3 aromatic heterocycles. The molecule has 0 spiro atoms. The lowest BCUT2D eigenvalue weighted by Crippen LogP contribution is -2.37. The third-order valence-corrected chi connectivity index (χ3v) is 7.34. The number of ether oxygens (including phenoxy) is 2. The van der Waals surface area contributed by atoms with E-state index >= 15 is 0 Å². The van der Waals surface area contributed by atoms with Crippen LogP contribution in [0.15, 0.2) is 55.0 Å². The second-order valence-electron chi connectivity index (χ2n) is 9.73. The highest BCUT2D eigenvalue weighted by molar-refractivity contribution is 5.91. The summed E-state index contributed by atoms with van der Waals surface area (Å²) in [5, 5.41) is 5.79. The highest BCUT2D eigenvalue weighted by atomic mass is 16.5. The zero-order chi connectivity index (χ0) is 25.9. The van der Waals surface area contributed by atoms with E-state index < -0.39 is 0 Å². The molecule has 2 saturated heterocycles. The molecule has 10 nitrogen and oxygen atoms in total. The summed E-state index contributed by atoms with van der Waals surface area (Å²) in [4.78, 5) is 30.9. The molecule has 10 heteroatoms. The number of carbonyl (C=O) groups is 1. The number of hydrogen-bond donors (Lipinski definition) is 0. The monoisotopic (exact) mass is 513 g/mol. The number of piperidine rings is 1. The van der Waals surface area contributed by atoms with Gasteiger partial charge in [0.05, 0.1) is 43.5 Å². The number of aromatic nitrogens is 5. The zero-order valence-corrected chi connectivity index (χ0v) is 21.5. The molecule has 4 aromatic rings. The Kier molecular flexibility index (Phi) is 6.98. The summed E-state index contributed by atoms with van der Waals surface area (Å²) in [7, 11) is 1.38. The molecule has 0 bridgehead atoms. The zero-order valence-electron chi connectivity index (χ0n) is 21.5. The first-order chi connectivity index (χ1) is 18.7. The highest BCUT2D eigenvalue weighted by Gasteiger charge is 2.26. The number of methoxy groups -OCH3 is 1. The van der Waals surface area contributed by atoms with Gasteiger partial charge in [0, 0.05) is 50.7 Å². The maximum absolute atomic E-state index is 11.9. The fourth-order valence-corrected chi connectivity index (χ4v) is 5.27. The Morgan fingerprint density at radius 3 is 2.53 bits per heavy atom. The van der Waals surface area contributed by atoms with Gasteiger partial charge in [-0.3, -0.25) is 9.88 Å². The van der Waals surface area contributed by atoms with Gasteiger partial charge in [-0.15, -0.1) is 0 Å². The first-order valence-corrected chi connectivity index (χ1v) is 13.1. The molecule has 0 radical (unpaired) electrons. The quantitative estimate of drug-likeness (QED) is 0.360. The Morgan fingerprint density at radius 1 is 1.03 bits per heavy atom. The number of fused-ring (bicyclic) bond motifs is 1. The van der Waals surface area contributed by atoms with Crippen molar-refractivity contribution in [2.75, 3.05) is 51.4 Å². The second kappa shape index (κ2) is 10.8. The first-order valence-electron chi connectivity index (χ1n) is 13.1. The lowest BCUT2D eigenvalue weighted by Gasteiger charge is -2.32. The number of likely N-dealkylation sites (tertiary alicyclic amines) is 1. The number of nitrogens with zero attached hydrogens (tertiary/aromatic N) is 7. The normalized spacial score (nSPS) is 17.1. The van der Waals surface area contributed by atoms with Crippen molar-refractivity contribution in [3.05, 3.63) is 66.1 Å². The minimum Gasteiger partial charge on any atom is -0.465 e. The second-order valence-corrected chi connectivity index (χ2v) is 9.73. The minimum absolute atomic E-state index is 0.264. The number of benzene rings is 1. The maximum atomic E-state index is 11.9. The SMILES string of the molecule is COC(=O)c1ccc(-c2nc(N3CCOCC3)c3cnn(C4CCN(Cc5cccnc5)CC4)c3n2)cc1. The van der Waals surface area contributed by atoms with Gasteiger partial charge in [-0.25, -0.2) is 19.4 Å². The molecule has 0 saturated carbocycles. The van der Waals surface area contributed by atoms with Crippen molar-refractivity contribution in [1.82, 2.24) is 29.6 Å². The van der Waals surface area contributed by atoms with E-state index in [1.807, 2.05) is 36.8 Å². The van der Waals surface area contributed by atoms with Gasteiger partial charge in [0.2, 0.25) is 0 Å². The summed E-state index contributed by atoms with van der Waals surface area (Å²) in [5.74, 6) is 1.13. The standard InChI is InChI=1S/C28H31N7O3/c1-37-28(36)22-6-4-21(5-7-22)25-31-26(34-13-15-38-16-14-34)24-18-30-35(27(24)32-25)23-8-11-33(12-9-23)19-20-3-2-10-29-17-20/h2-7,10,17-18,23H,8-9,11-16,19H2,1H3. The minimum atomic E-state index is -0.366. The largest absolute Gasteiger partial charge is 0.465 e. The molecule has 0 atom stereocenters. The Balaban J connectivity index is 1.31. The lowest BCUT2D eigenvalue weighted by molar-refractivity contribution is 0.0600. The van der Waals surface area contributed by atoms with E-state index in [4.69, 9.17) is 24.5 Å². The Hall–Kier alpha value is -3.89. The summed E-state index contributed by atoms with van der Waals surface area (Å²) in [6.07, 6.45) is 7.66. The van der Waals surface area contributed by atoms with Gasteiger partial charge >= 0.3 is 5.97 Å². The van der Waals surface area contributed by atoms with Crippen LogP contribution in [0, 0.1) is 0 Å². The van der Waals surface area contributed by atoms with Gasteiger partial charge in [0.1, 0.15) is 5.82 Å². The predicted octanol–water partition coefficient (Wildman–Crippen LogP) is 3.35. The molecule has 1 aromatic carbocycles. The van der Waals surface area contributed by atoms with Gasteiger partial charge in [-0.1, -0.05) is 18.2 Å². The summed E-state index contributed by atoms with van der Waals surface area (Å²) in [5.41, 5.74) is 3.42. The molecule has 2 fully saturated rings. The molecule has 196 valence electrons. The van der Waals surface area contributed by atoms with E-state index in [2.05, 4.69) is 25.5 Å². The van der Waals surface area contributed by atoms with Gasteiger partial charge in [-0.05, 0) is 36.6 Å². The van der Waals surface area contributed by atoms with Crippen LogP contribution in [-0.4, -0.2) is 82.1 Å². The maximum Gasteiger partial charge on any atom is 0.337 e. The number of pyridine rings is 1. The van der Waals surface area contributed by atoms with Crippen molar-refractivity contribution in [1.29, 1.82) is 0 Å². The molecule has 0 N–H and O–H groups in total. The molecule has 2 aliphatic heterocycles. The number of morpholine rings is 1. The van der Waals surface area contributed by atoms with Crippen molar-refractivity contribution >= 4 is 22.8 Å². The van der Waals surface area contributed by atoms with E-state index in [1.54, 1.807) is 12.1 Å². The van der Waals surface area contributed by atoms with E-state index in [1.165, 1.54) is 12.7 Å². The number of carbonyl (C=O) groups excluding carboxylic acids is 1. The molecular formula is C28H31N7O3. The molecule has 2 aliphatic rings. The van der Waals surface area contributed by atoms with E-state index in [-0.39, 0.29) is 12.0 Å². The Morgan fingerprint density at radius 2 is 1.82 bits per heavy atom. The van der Waals surface area contributed by atoms with Crippen molar-refractivity contribution in [2.24, 2.45) is 0 Å². The van der Waals surface area contributed by atoms with Crippen molar-refractivity contribution in [2.45, 2.75) is 25.4 Å². The van der Waals surface area contributed by atoms with Gasteiger partial charge < -0.3 is 14.4 Å². The molecule has 0 aliphatic carbocycles. The third kappa shape index (κ3) is 4.97. The number of hydrogen-bond acceptors (Lipinski definition) is 9. The van der Waals surface area contributed by atoms with Crippen molar-refractivity contribution in [3.8, 4) is 11.4 Å². The summed E-state index contributed by atoms with van der Waals surface area (Å²) in [6.45, 7) is 5.76. The van der Waals surface area contributed by atoms with Crippen LogP contribution in [-0.2, 0) is 16.0 Å². The average molecular weight is 514 g/mol. The fraction of sp³-hybridized carbons (Fsp3) is 0.393. The molecule has 0 unspecified atom stereocenters. The molecule has 5 heterocycles. The predicted molar refractivity (Wildman–Crippen MR) is 143 cm³/mol. The molecule has 6 rings (SSSR count). The smallest absolute Gasteiger partial charge is 0.337 e. The summed E-state index contributed by atoms with van der Waals surface area (Å²) < 4.78 is 12.5. The lowest BCUT2D eigenvalue weighted by atomic mass is 10.0. The van der Waals surface area contributed by atoms with Gasteiger partial charge in [0.15, 0.2) is 11.5 Å². The van der Waals surface area contributed by atoms with Crippen LogP contribution >= 0.6 is 0 Å². The summed E-state index contributed by atoms with van der Waals surface area (Å²) in [6, 6.07) is 11.6. The van der Waals surface area contributed by atoms with Crippen LogP contribution < -0.4 is 4.90 Å². The third-order valence-electron chi connectivity index (χ3n) is 7.34. The van der Waals surface area contributed by atoms with Gasteiger partial charge in [0.25, 0.3) is 0 Å². The van der Waals surface area contributed by atoms with Crippen LogP contribution in [0.1, 0.15) is 34.8 Å². The number of esters is 1. The topological polar surface area (TPSA) is 98.5 Å². The summed E-state index contributed by atoms with van der Waals surface area (Å²) >= 11 is 0. The molecule has 38 heavy (non-hydrogen) atoms. The number of anilines is 1. The van der Waals surface area contributed by atoms with Gasteiger partial charge in [-0.2, -0.15) is 5.10 Å². The van der Waals surface area contributed by atoms with Crippen molar-refractivity contribution in [3.63, 3.8) is 0 Å². The molecule has 0 amide bonds. The Labute approximate surface area is 221 Å². The Bertz CT molecular complexity index is 1390. The van der Waals surface area contributed by atoms with Crippen LogP contribution in [0.2, 0.25) is 0 Å². The first kappa shape index (κ1) is 24.4. The van der Waals surface area contributed by atoms with Crippen molar-refractivity contribution < 1.29 is 14.3 Å². The van der Waals surface area contributed by atoms with Crippen LogP contribution in [0.25, 0.3) is 22.4 Å². The van der Waals surface area contributed by atoms with Crippen LogP contribution in [0.5, 0.6) is 0 Å². The van der Waals surface area contributed by atoms with E-state index in [0.29, 0.717) is 24.6 Å². The van der Waals surface area contributed by atoms with E-state index in [0.717, 1.165) is 68.0 Å². The average Bonchev–Trinajstić information content (AvgIpc) is 3.42. The van der Waals surface area contributed by atoms with E-state index in [9.17, 15) is 4.79 Å². The number of rotatable bonds is 6. The van der Waals surface area contributed by atoms with Crippen LogP contribution in [0.4, 0.5) is 5.82 Å².